The number of ether oxygens (including phenoxy) is 3. The minimum Gasteiger partial charge on any atom is -0.497 e. The highest BCUT2D eigenvalue weighted by atomic mass is 16.6. The van der Waals surface area contributed by atoms with Crippen LogP contribution in [0.5, 0.6) is 5.75 Å². The highest BCUT2D eigenvalue weighted by Crippen LogP contribution is 2.53. The van der Waals surface area contributed by atoms with Gasteiger partial charge in [0.1, 0.15) is 18.1 Å². The Morgan fingerprint density at radius 2 is 1.89 bits per heavy atom. The third-order valence-corrected chi connectivity index (χ3v) is 8.90. The van der Waals surface area contributed by atoms with Crippen molar-refractivity contribution < 1.29 is 19.0 Å². The number of nitrogens with one attached hydrogen (secondary N) is 2. The third kappa shape index (κ3) is 2.37. The van der Waals surface area contributed by atoms with Crippen LogP contribution in [-0.2, 0) is 21.7 Å². The molecule has 3 aromatic carbocycles. The van der Waals surface area contributed by atoms with Gasteiger partial charge in [0.05, 0.1) is 34.7 Å². The van der Waals surface area contributed by atoms with Crippen molar-refractivity contribution in [3.8, 4) is 5.75 Å². The number of carbonyl (C=O) groups is 1. The van der Waals surface area contributed by atoms with Gasteiger partial charge < -0.3 is 34.0 Å². The molecule has 0 aliphatic carbocycles. The topological polar surface area (TPSA) is 78.7 Å². The quantitative estimate of drug-likeness (QED) is 0.388. The van der Waals surface area contributed by atoms with Crippen LogP contribution in [0.25, 0.3) is 43.6 Å². The van der Waals surface area contributed by atoms with Crippen LogP contribution < -0.4 is 15.4 Å². The van der Waals surface area contributed by atoms with E-state index < -0.39 is 5.72 Å². The molecule has 1 fully saturated rings. The SMILES string of the molecule is CNC1CC2OC(C)(C1OC)n1c3cc(OC)ccc3c3c4c(c5c6ccccc6n2c5c31)C(=O)NC4. The molecule has 2 aromatic heterocycles. The van der Waals surface area contributed by atoms with Crippen LogP contribution in [0.2, 0.25) is 0 Å². The van der Waals surface area contributed by atoms with Crippen molar-refractivity contribution in [3.05, 3.63) is 53.6 Å². The van der Waals surface area contributed by atoms with E-state index >= 15 is 0 Å². The number of rotatable bonds is 3. The molecule has 0 spiro atoms. The number of benzene rings is 3. The van der Waals surface area contributed by atoms with Gasteiger partial charge in [0.15, 0.2) is 5.72 Å². The first kappa shape index (κ1) is 21.5. The normalized spacial score (nSPS) is 26.4. The number of nitrogens with zero attached hydrogens (tertiary/aromatic N) is 2. The third-order valence-electron chi connectivity index (χ3n) is 8.90. The van der Waals surface area contributed by atoms with Gasteiger partial charge in [-0.05, 0) is 37.7 Å². The Balaban J connectivity index is 1.71. The lowest BCUT2D eigenvalue weighted by Gasteiger charge is -2.48. The lowest BCUT2D eigenvalue weighted by atomic mass is 9.93. The van der Waals surface area contributed by atoms with Crippen LogP contribution in [0.15, 0.2) is 42.5 Å². The van der Waals surface area contributed by atoms with E-state index in [4.69, 9.17) is 14.2 Å². The fraction of sp³-hybridized carbons (Fsp3) is 0.345. The zero-order chi connectivity index (χ0) is 25.2. The number of aromatic nitrogens is 2. The molecule has 5 aromatic rings. The van der Waals surface area contributed by atoms with Crippen molar-refractivity contribution in [3.63, 3.8) is 0 Å². The summed E-state index contributed by atoms with van der Waals surface area (Å²) in [6.45, 7) is 2.63. The Hall–Kier alpha value is -3.59. The summed E-state index contributed by atoms with van der Waals surface area (Å²) in [4.78, 5) is 13.4. The minimum atomic E-state index is -0.824. The second-order valence-corrected chi connectivity index (χ2v) is 10.5. The Bertz CT molecular complexity index is 1820. The minimum absolute atomic E-state index is 0.0172. The largest absolute Gasteiger partial charge is 0.497 e. The molecule has 8 rings (SSSR count). The van der Waals surface area contributed by atoms with E-state index in [0.29, 0.717) is 6.54 Å². The molecular formula is C29H28N4O4. The van der Waals surface area contributed by atoms with Crippen molar-refractivity contribution in [2.45, 2.75) is 44.0 Å². The van der Waals surface area contributed by atoms with E-state index in [1.54, 1.807) is 14.2 Å². The number of carbonyl (C=O) groups excluding carboxylic acids is 1. The summed E-state index contributed by atoms with van der Waals surface area (Å²) in [6, 6.07) is 14.6. The maximum absolute atomic E-state index is 13.4. The van der Waals surface area contributed by atoms with Crippen LogP contribution in [0.3, 0.4) is 0 Å². The molecule has 1 saturated heterocycles. The number of hydrogen-bond acceptors (Lipinski definition) is 5. The molecule has 4 unspecified atom stereocenters. The summed E-state index contributed by atoms with van der Waals surface area (Å²) in [5.74, 6) is 0.755. The van der Waals surface area contributed by atoms with Crippen molar-refractivity contribution in [1.29, 1.82) is 0 Å². The van der Waals surface area contributed by atoms with E-state index in [0.717, 1.165) is 66.9 Å². The van der Waals surface area contributed by atoms with Gasteiger partial charge in [0.2, 0.25) is 0 Å². The number of fused-ring (bicyclic) bond motifs is 13. The molecule has 8 nitrogen and oxygen atoms in total. The van der Waals surface area contributed by atoms with Crippen molar-refractivity contribution in [2.24, 2.45) is 0 Å². The fourth-order valence-electron chi connectivity index (χ4n) is 7.49. The van der Waals surface area contributed by atoms with E-state index in [1.165, 1.54) is 0 Å². The zero-order valence-corrected chi connectivity index (χ0v) is 21.2. The number of likely N-dealkylation sites (N-methyl/N-ethyl adjacent to an activating group) is 1. The molecule has 3 aliphatic rings. The van der Waals surface area contributed by atoms with E-state index in [-0.39, 0.29) is 24.3 Å². The Morgan fingerprint density at radius 1 is 1.08 bits per heavy atom. The number of para-hydroxylation sites is 1. The summed E-state index contributed by atoms with van der Waals surface area (Å²) < 4.78 is 23.6. The monoisotopic (exact) mass is 496 g/mol. The number of amides is 1. The molecule has 8 heteroatoms. The predicted octanol–water partition coefficient (Wildman–Crippen LogP) is 4.36. The average Bonchev–Trinajstić information content (AvgIpc) is 3.55. The molecule has 37 heavy (non-hydrogen) atoms. The number of methoxy groups -OCH3 is 2. The molecule has 4 atom stereocenters. The van der Waals surface area contributed by atoms with Gasteiger partial charge in [-0.1, -0.05) is 18.2 Å². The molecule has 5 heterocycles. The van der Waals surface area contributed by atoms with Crippen LogP contribution in [0, 0.1) is 0 Å². The van der Waals surface area contributed by atoms with Crippen LogP contribution in [0.4, 0.5) is 0 Å². The smallest absolute Gasteiger partial charge is 0.252 e. The van der Waals surface area contributed by atoms with Crippen LogP contribution in [-0.4, -0.2) is 48.5 Å². The standard InChI is InChI=1S/C29H28N4O4/c1-29-27(36-4)18(30-2)12-21(37-29)32-19-8-6-5-7-15(19)23-24-17(13-31-28(24)34)22-16-10-9-14(35-3)11-20(16)33(29)26(22)25(23)32/h5-11,18,21,27,30H,12-13H2,1-4H3,(H,31,34). The second-order valence-electron chi connectivity index (χ2n) is 10.5. The number of hydrogen-bond donors (Lipinski definition) is 2. The van der Waals surface area contributed by atoms with Gasteiger partial charge in [-0.25, -0.2) is 0 Å². The van der Waals surface area contributed by atoms with Gasteiger partial charge in [0.25, 0.3) is 5.91 Å². The maximum Gasteiger partial charge on any atom is 0.252 e. The van der Waals surface area contributed by atoms with Crippen LogP contribution >= 0.6 is 0 Å². The Kier molecular flexibility index (Phi) is 4.09. The van der Waals surface area contributed by atoms with Gasteiger partial charge >= 0.3 is 0 Å². The highest BCUT2D eigenvalue weighted by Gasteiger charge is 2.53. The fourth-order valence-corrected chi connectivity index (χ4v) is 7.49. The average molecular weight is 497 g/mol. The van der Waals surface area contributed by atoms with E-state index in [9.17, 15) is 4.79 Å². The molecular weight excluding hydrogens is 468 g/mol. The van der Waals surface area contributed by atoms with Gasteiger partial charge in [-0.3, -0.25) is 4.79 Å². The van der Waals surface area contributed by atoms with E-state index in [1.807, 2.05) is 19.2 Å². The Morgan fingerprint density at radius 3 is 2.68 bits per heavy atom. The van der Waals surface area contributed by atoms with Gasteiger partial charge in [0, 0.05) is 53.7 Å². The van der Waals surface area contributed by atoms with E-state index in [2.05, 4.69) is 57.0 Å². The summed E-state index contributed by atoms with van der Waals surface area (Å²) in [5.41, 5.74) is 5.19. The molecule has 0 radical (unpaired) electrons. The second kappa shape index (κ2) is 7.04. The highest BCUT2D eigenvalue weighted by molar-refractivity contribution is 6.31. The molecule has 0 saturated carbocycles. The molecule has 1 amide bonds. The molecule has 2 bridgehead atoms. The summed E-state index contributed by atoms with van der Waals surface area (Å²) in [7, 11) is 5.43. The molecule has 3 aliphatic heterocycles. The summed E-state index contributed by atoms with van der Waals surface area (Å²) in [5, 5.41) is 10.9. The lowest BCUT2D eigenvalue weighted by molar-refractivity contribution is -0.256. The van der Waals surface area contributed by atoms with Crippen molar-refractivity contribution in [2.75, 3.05) is 21.3 Å². The first-order chi connectivity index (χ1) is 18.0. The maximum atomic E-state index is 13.4. The predicted molar refractivity (Wildman–Crippen MR) is 142 cm³/mol. The van der Waals surface area contributed by atoms with Crippen molar-refractivity contribution in [1.82, 2.24) is 19.8 Å². The first-order valence-corrected chi connectivity index (χ1v) is 12.8. The van der Waals surface area contributed by atoms with Gasteiger partial charge in [-0.15, -0.1) is 0 Å². The molecule has 2 N–H and O–H groups in total. The molecule has 188 valence electrons. The summed E-state index contributed by atoms with van der Waals surface area (Å²) in [6.07, 6.45) is 0.232. The van der Waals surface area contributed by atoms with Gasteiger partial charge in [-0.2, -0.15) is 0 Å². The zero-order valence-electron chi connectivity index (χ0n) is 21.2. The summed E-state index contributed by atoms with van der Waals surface area (Å²) >= 11 is 0. The van der Waals surface area contributed by atoms with Crippen molar-refractivity contribution >= 4 is 49.5 Å². The first-order valence-electron chi connectivity index (χ1n) is 12.8. The lowest BCUT2D eigenvalue weighted by Crippen LogP contribution is -2.59. The Labute approximate surface area is 213 Å². The van der Waals surface area contributed by atoms with Crippen LogP contribution in [0.1, 0.15) is 35.5 Å².